The van der Waals surface area contributed by atoms with Gasteiger partial charge in [0.15, 0.2) is 0 Å². The lowest BCUT2D eigenvalue weighted by Gasteiger charge is -2.08. The van der Waals surface area contributed by atoms with Crippen LogP contribution in [-0.4, -0.2) is 18.5 Å². The molecule has 1 amide bonds. The second-order valence-corrected chi connectivity index (χ2v) is 4.63. The van der Waals surface area contributed by atoms with Gasteiger partial charge in [0, 0.05) is 6.04 Å². The fraction of sp³-hybridized carbons (Fsp3) is 0.417. The highest BCUT2D eigenvalue weighted by atomic mass is 35.5. The van der Waals surface area contributed by atoms with Crippen LogP contribution in [0.5, 0.6) is 0 Å². The third-order valence-corrected chi connectivity index (χ3v) is 3.10. The summed E-state index contributed by atoms with van der Waals surface area (Å²) in [7, 11) is 0. The van der Waals surface area contributed by atoms with Crippen LogP contribution in [0, 0.1) is 5.92 Å². The lowest BCUT2D eigenvalue weighted by atomic mass is 10.3. The SMILES string of the molecule is CC1CC1NC(=O)CNc1ccccc1Cl. The second-order valence-electron chi connectivity index (χ2n) is 4.22. The molecule has 0 aliphatic heterocycles. The maximum absolute atomic E-state index is 11.5. The smallest absolute Gasteiger partial charge is 0.239 e. The molecule has 1 aromatic rings. The molecule has 2 rings (SSSR count). The van der Waals surface area contributed by atoms with E-state index in [1.807, 2.05) is 18.2 Å². The van der Waals surface area contributed by atoms with Crippen molar-refractivity contribution in [1.29, 1.82) is 0 Å². The molecular weight excluding hydrogens is 224 g/mol. The molecule has 1 fully saturated rings. The highest BCUT2D eigenvalue weighted by Gasteiger charge is 2.33. The minimum Gasteiger partial charge on any atom is -0.375 e. The normalized spacial score (nSPS) is 22.6. The molecule has 1 aliphatic carbocycles. The van der Waals surface area contributed by atoms with E-state index >= 15 is 0 Å². The maximum Gasteiger partial charge on any atom is 0.239 e. The molecule has 3 nitrogen and oxygen atoms in total. The van der Waals surface area contributed by atoms with Gasteiger partial charge >= 0.3 is 0 Å². The van der Waals surface area contributed by atoms with Crippen LogP contribution in [0.25, 0.3) is 0 Å². The van der Waals surface area contributed by atoms with Crippen molar-refractivity contribution in [1.82, 2.24) is 5.32 Å². The molecular formula is C12H15ClN2O. The average molecular weight is 239 g/mol. The number of nitrogens with one attached hydrogen (secondary N) is 2. The number of carbonyl (C=O) groups is 1. The largest absolute Gasteiger partial charge is 0.375 e. The van der Waals surface area contributed by atoms with E-state index in [9.17, 15) is 4.79 Å². The predicted molar refractivity (Wildman–Crippen MR) is 65.7 cm³/mol. The number of rotatable bonds is 4. The Bertz CT molecular complexity index is 394. The van der Waals surface area contributed by atoms with Crippen molar-refractivity contribution in [3.63, 3.8) is 0 Å². The van der Waals surface area contributed by atoms with Gasteiger partial charge in [0.25, 0.3) is 0 Å². The van der Waals surface area contributed by atoms with Crippen molar-refractivity contribution in [3.8, 4) is 0 Å². The standard InChI is InChI=1S/C12H15ClN2O/c1-8-6-11(8)15-12(16)7-14-10-5-3-2-4-9(10)13/h2-5,8,11,14H,6-7H2,1H3,(H,15,16). The second kappa shape index (κ2) is 4.74. The van der Waals surface area contributed by atoms with Crippen LogP contribution in [0.2, 0.25) is 5.02 Å². The van der Waals surface area contributed by atoms with Crippen LogP contribution >= 0.6 is 11.6 Å². The Kier molecular flexibility index (Phi) is 3.34. The van der Waals surface area contributed by atoms with Crippen molar-refractivity contribution in [2.75, 3.05) is 11.9 Å². The molecule has 0 spiro atoms. The monoisotopic (exact) mass is 238 g/mol. The van der Waals surface area contributed by atoms with E-state index in [0.29, 0.717) is 17.0 Å². The Morgan fingerprint density at radius 3 is 2.81 bits per heavy atom. The van der Waals surface area contributed by atoms with Crippen LogP contribution in [-0.2, 0) is 4.79 Å². The van der Waals surface area contributed by atoms with Gasteiger partial charge in [0.1, 0.15) is 0 Å². The zero-order valence-corrected chi connectivity index (χ0v) is 9.92. The fourth-order valence-corrected chi connectivity index (χ4v) is 1.76. The van der Waals surface area contributed by atoms with Crippen molar-refractivity contribution in [3.05, 3.63) is 29.3 Å². The Hall–Kier alpha value is -1.22. The lowest BCUT2D eigenvalue weighted by Crippen LogP contribution is -2.32. The number of amides is 1. The van der Waals surface area contributed by atoms with E-state index in [-0.39, 0.29) is 12.5 Å². The number of benzene rings is 1. The van der Waals surface area contributed by atoms with Crippen LogP contribution in [0.1, 0.15) is 13.3 Å². The first-order valence-corrected chi connectivity index (χ1v) is 5.82. The van der Waals surface area contributed by atoms with E-state index in [1.165, 1.54) is 0 Å². The van der Waals surface area contributed by atoms with Crippen LogP contribution in [0.3, 0.4) is 0 Å². The van der Waals surface area contributed by atoms with Crippen LogP contribution in [0.15, 0.2) is 24.3 Å². The topological polar surface area (TPSA) is 41.1 Å². The van der Waals surface area contributed by atoms with Gasteiger partial charge in [-0.1, -0.05) is 30.7 Å². The van der Waals surface area contributed by atoms with E-state index < -0.39 is 0 Å². The fourth-order valence-electron chi connectivity index (χ4n) is 1.56. The van der Waals surface area contributed by atoms with E-state index in [0.717, 1.165) is 12.1 Å². The molecule has 1 saturated carbocycles. The number of carbonyl (C=O) groups excluding carboxylic acids is 1. The first-order chi connectivity index (χ1) is 7.66. The maximum atomic E-state index is 11.5. The first kappa shape index (κ1) is 11.3. The summed E-state index contributed by atoms with van der Waals surface area (Å²) in [5.74, 6) is 0.651. The molecule has 2 N–H and O–H groups in total. The summed E-state index contributed by atoms with van der Waals surface area (Å²) < 4.78 is 0. The van der Waals surface area contributed by atoms with Gasteiger partial charge in [-0.05, 0) is 24.5 Å². The number of hydrogen-bond acceptors (Lipinski definition) is 2. The quantitative estimate of drug-likeness (QED) is 0.845. The summed E-state index contributed by atoms with van der Waals surface area (Å²) in [4.78, 5) is 11.5. The number of halogens is 1. The van der Waals surface area contributed by atoms with Gasteiger partial charge in [0.2, 0.25) is 5.91 Å². The molecule has 1 aromatic carbocycles. The van der Waals surface area contributed by atoms with Crippen molar-refractivity contribution in [2.24, 2.45) is 5.92 Å². The van der Waals surface area contributed by atoms with Gasteiger partial charge in [-0.25, -0.2) is 0 Å². The Labute approximate surface area is 100 Å². The molecule has 0 saturated heterocycles. The molecule has 2 unspecified atom stereocenters. The van der Waals surface area contributed by atoms with E-state index in [2.05, 4.69) is 17.6 Å². The molecule has 0 radical (unpaired) electrons. The first-order valence-electron chi connectivity index (χ1n) is 5.44. The number of anilines is 1. The summed E-state index contributed by atoms with van der Waals surface area (Å²) in [6.07, 6.45) is 1.10. The van der Waals surface area contributed by atoms with Gasteiger partial charge in [0.05, 0.1) is 17.3 Å². The molecule has 0 aromatic heterocycles. The minimum absolute atomic E-state index is 0.0225. The highest BCUT2D eigenvalue weighted by Crippen LogP contribution is 2.28. The van der Waals surface area contributed by atoms with Crippen molar-refractivity contribution >= 4 is 23.2 Å². The summed E-state index contributed by atoms with van der Waals surface area (Å²) in [6.45, 7) is 2.40. The van der Waals surface area contributed by atoms with E-state index in [4.69, 9.17) is 11.6 Å². The van der Waals surface area contributed by atoms with Gasteiger partial charge in [-0.3, -0.25) is 4.79 Å². The van der Waals surface area contributed by atoms with Gasteiger partial charge in [-0.2, -0.15) is 0 Å². The minimum atomic E-state index is 0.0225. The Morgan fingerprint density at radius 1 is 1.50 bits per heavy atom. The van der Waals surface area contributed by atoms with Gasteiger partial charge < -0.3 is 10.6 Å². The van der Waals surface area contributed by atoms with Crippen LogP contribution in [0.4, 0.5) is 5.69 Å². The zero-order valence-electron chi connectivity index (χ0n) is 9.16. The van der Waals surface area contributed by atoms with Crippen molar-refractivity contribution in [2.45, 2.75) is 19.4 Å². The third kappa shape index (κ3) is 2.89. The molecule has 0 bridgehead atoms. The number of para-hydroxylation sites is 1. The number of hydrogen-bond donors (Lipinski definition) is 2. The predicted octanol–water partition coefficient (Wildman–Crippen LogP) is 2.28. The lowest BCUT2D eigenvalue weighted by molar-refractivity contribution is -0.119. The Balaban J connectivity index is 1.78. The zero-order chi connectivity index (χ0) is 11.5. The molecule has 0 heterocycles. The molecule has 2 atom stereocenters. The van der Waals surface area contributed by atoms with Gasteiger partial charge in [-0.15, -0.1) is 0 Å². The third-order valence-electron chi connectivity index (χ3n) is 2.77. The van der Waals surface area contributed by atoms with Crippen LogP contribution < -0.4 is 10.6 Å². The summed E-state index contributed by atoms with van der Waals surface area (Å²) in [5, 5.41) is 6.60. The molecule has 16 heavy (non-hydrogen) atoms. The highest BCUT2D eigenvalue weighted by molar-refractivity contribution is 6.33. The molecule has 1 aliphatic rings. The van der Waals surface area contributed by atoms with Crippen molar-refractivity contribution < 1.29 is 4.79 Å². The van der Waals surface area contributed by atoms with E-state index in [1.54, 1.807) is 6.07 Å². The molecule has 4 heteroatoms. The molecule has 86 valence electrons. The summed E-state index contributed by atoms with van der Waals surface area (Å²) in [5.41, 5.74) is 0.795. The Morgan fingerprint density at radius 2 is 2.19 bits per heavy atom. The summed E-state index contributed by atoms with van der Waals surface area (Å²) in [6, 6.07) is 7.77. The summed E-state index contributed by atoms with van der Waals surface area (Å²) >= 11 is 5.95. The average Bonchev–Trinajstić information content (AvgIpc) is 2.93.